The summed E-state index contributed by atoms with van der Waals surface area (Å²) in [6.45, 7) is 2.84. The number of ether oxygens (including phenoxy) is 1. The zero-order valence-corrected chi connectivity index (χ0v) is 18.4. The highest BCUT2D eigenvalue weighted by molar-refractivity contribution is 7.98. The fourth-order valence-electron chi connectivity index (χ4n) is 3.98. The van der Waals surface area contributed by atoms with Crippen molar-refractivity contribution in [3.8, 4) is 5.69 Å². The quantitative estimate of drug-likeness (QED) is 0.398. The highest BCUT2D eigenvalue weighted by atomic mass is 32.2. The molecular formula is C23H20N6O3S. The smallest absolute Gasteiger partial charge is 0.294 e. The second kappa shape index (κ2) is 8.38. The zero-order chi connectivity index (χ0) is 22.2. The molecule has 0 bridgehead atoms. The molecule has 9 nitrogen and oxygen atoms in total. The molecule has 1 fully saturated rings. The molecule has 0 aliphatic carbocycles. The van der Waals surface area contributed by atoms with Crippen LogP contribution in [-0.2, 0) is 10.5 Å². The van der Waals surface area contributed by atoms with Crippen LogP contribution in [0.25, 0.3) is 27.8 Å². The number of nitrogens with zero attached hydrogens (tertiary/aromatic N) is 5. The summed E-state index contributed by atoms with van der Waals surface area (Å²) in [5.41, 5.74) is 2.15. The van der Waals surface area contributed by atoms with E-state index in [2.05, 4.69) is 25.1 Å². The number of rotatable bonds is 5. The van der Waals surface area contributed by atoms with Crippen LogP contribution in [0.2, 0.25) is 0 Å². The third kappa shape index (κ3) is 3.66. The molecule has 1 aliphatic rings. The van der Waals surface area contributed by atoms with Crippen molar-refractivity contribution in [3.63, 3.8) is 0 Å². The van der Waals surface area contributed by atoms with E-state index >= 15 is 0 Å². The van der Waals surface area contributed by atoms with Crippen LogP contribution in [0.3, 0.4) is 0 Å². The van der Waals surface area contributed by atoms with Gasteiger partial charge in [0.05, 0.1) is 24.7 Å². The maximum atomic E-state index is 12.6. The maximum absolute atomic E-state index is 12.6. The van der Waals surface area contributed by atoms with Crippen LogP contribution < -0.4 is 10.5 Å². The molecule has 4 heterocycles. The van der Waals surface area contributed by atoms with Crippen molar-refractivity contribution < 1.29 is 9.15 Å². The van der Waals surface area contributed by atoms with E-state index < -0.39 is 0 Å². The standard InChI is InChI=1S/C23H20N6O3S/c30-21-20-19(16-8-4-5-9-17(16)32-20)24-18(25-21)14-33-23-27-26-22(28-10-12-31-13-11-28)29(23)15-6-2-1-3-7-15/h1-9H,10-14H2,(H,24,25,30). The zero-order valence-electron chi connectivity index (χ0n) is 17.6. The Kier molecular flexibility index (Phi) is 5.08. The van der Waals surface area contributed by atoms with Crippen molar-refractivity contribution in [3.05, 3.63) is 70.8 Å². The van der Waals surface area contributed by atoms with Crippen LogP contribution in [0.5, 0.6) is 0 Å². The summed E-state index contributed by atoms with van der Waals surface area (Å²) >= 11 is 1.47. The van der Waals surface area contributed by atoms with Crippen molar-refractivity contribution in [1.82, 2.24) is 24.7 Å². The van der Waals surface area contributed by atoms with E-state index in [1.54, 1.807) is 0 Å². The lowest BCUT2D eigenvalue weighted by Gasteiger charge is -2.27. The first-order valence-corrected chi connectivity index (χ1v) is 11.6. The second-order valence-electron chi connectivity index (χ2n) is 7.63. The van der Waals surface area contributed by atoms with Crippen molar-refractivity contribution in [1.29, 1.82) is 0 Å². The fourth-order valence-corrected chi connectivity index (χ4v) is 4.79. The molecule has 6 rings (SSSR count). The highest BCUT2D eigenvalue weighted by Crippen LogP contribution is 2.29. The van der Waals surface area contributed by atoms with Crippen LogP contribution in [0.4, 0.5) is 5.95 Å². The van der Waals surface area contributed by atoms with Gasteiger partial charge in [0.2, 0.25) is 11.5 Å². The Hall–Kier alpha value is -3.63. The largest absolute Gasteiger partial charge is 0.449 e. The van der Waals surface area contributed by atoms with E-state index in [4.69, 9.17) is 9.15 Å². The number of H-pyrrole nitrogens is 1. The van der Waals surface area contributed by atoms with Crippen LogP contribution in [0.1, 0.15) is 5.82 Å². The Morgan fingerprint density at radius 3 is 2.64 bits per heavy atom. The average molecular weight is 461 g/mol. The molecule has 10 heteroatoms. The van der Waals surface area contributed by atoms with Crippen molar-refractivity contribution >= 4 is 39.8 Å². The van der Waals surface area contributed by atoms with Gasteiger partial charge in [-0.1, -0.05) is 42.1 Å². The number of nitrogens with one attached hydrogen (secondary N) is 1. The molecule has 0 spiro atoms. The number of fused-ring (bicyclic) bond motifs is 3. The van der Waals surface area contributed by atoms with Crippen LogP contribution >= 0.6 is 11.8 Å². The first-order valence-electron chi connectivity index (χ1n) is 10.6. The van der Waals surface area contributed by atoms with Crippen molar-refractivity contribution in [2.24, 2.45) is 0 Å². The maximum Gasteiger partial charge on any atom is 0.294 e. The highest BCUT2D eigenvalue weighted by Gasteiger charge is 2.22. The number of furan rings is 1. The molecule has 0 amide bonds. The van der Waals surface area contributed by atoms with Gasteiger partial charge in [-0.15, -0.1) is 10.2 Å². The molecule has 0 radical (unpaired) electrons. The number of aromatic nitrogens is 5. The van der Waals surface area contributed by atoms with E-state index in [9.17, 15) is 4.79 Å². The Morgan fingerprint density at radius 1 is 1.00 bits per heavy atom. The summed E-state index contributed by atoms with van der Waals surface area (Å²) in [4.78, 5) is 22.3. The predicted octanol–water partition coefficient (Wildman–Crippen LogP) is 3.38. The summed E-state index contributed by atoms with van der Waals surface area (Å²) in [6.07, 6.45) is 0. The first kappa shape index (κ1) is 20.0. The molecule has 33 heavy (non-hydrogen) atoms. The Labute approximate surface area is 192 Å². The molecular weight excluding hydrogens is 440 g/mol. The molecule has 1 N–H and O–H groups in total. The molecule has 1 saturated heterocycles. The molecule has 0 unspecified atom stereocenters. The molecule has 1 aliphatic heterocycles. The van der Waals surface area contributed by atoms with Gasteiger partial charge in [0, 0.05) is 18.5 Å². The van der Waals surface area contributed by atoms with Gasteiger partial charge in [-0.2, -0.15) is 0 Å². The summed E-state index contributed by atoms with van der Waals surface area (Å²) in [5, 5.41) is 10.5. The number of hydrogen-bond donors (Lipinski definition) is 1. The third-order valence-corrected chi connectivity index (χ3v) is 6.48. The van der Waals surface area contributed by atoms with Gasteiger partial charge in [0.1, 0.15) is 16.9 Å². The SMILES string of the molecule is O=c1[nH]c(CSc2nnc(N3CCOCC3)n2-c2ccccc2)nc2c1oc1ccccc12. The van der Waals surface area contributed by atoms with Gasteiger partial charge in [0.15, 0.2) is 5.16 Å². The number of benzene rings is 2. The minimum atomic E-state index is -0.287. The van der Waals surface area contributed by atoms with Crippen molar-refractivity contribution in [2.45, 2.75) is 10.9 Å². The lowest BCUT2D eigenvalue weighted by Crippen LogP contribution is -2.37. The number of aromatic amines is 1. The van der Waals surface area contributed by atoms with Crippen LogP contribution in [0, 0.1) is 0 Å². The minimum absolute atomic E-state index is 0.243. The Balaban J connectivity index is 1.35. The van der Waals surface area contributed by atoms with Crippen LogP contribution in [0.15, 0.2) is 69.0 Å². The number of para-hydroxylation sites is 2. The van der Waals surface area contributed by atoms with Gasteiger partial charge in [-0.05, 0) is 24.3 Å². The first-order chi connectivity index (χ1) is 16.3. The topological polar surface area (TPSA) is 102 Å². The molecule has 166 valence electrons. The van der Waals surface area contributed by atoms with Gasteiger partial charge in [0.25, 0.3) is 5.56 Å². The fraction of sp³-hybridized carbons (Fsp3) is 0.217. The molecule has 5 aromatic rings. The monoisotopic (exact) mass is 460 g/mol. The normalized spacial score (nSPS) is 14.4. The van der Waals surface area contributed by atoms with Gasteiger partial charge in [-0.25, -0.2) is 4.98 Å². The number of thioether (sulfide) groups is 1. The van der Waals surface area contributed by atoms with E-state index in [0.29, 0.717) is 35.9 Å². The molecule has 0 atom stereocenters. The van der Waals surface area contributed by atoms with E-state index in [-0.39, 0.29) is 11.1 Å². The average Bonchev–Trinajstić information content (AvgIpc) is 3.46. The summed E-state index contributed by atoms with van der Waals surface area (Å²) in [6, 6.07) is 17.5. The van der Waals surface area contributed by atoms with Gasteiger partial charge >= 0.3 is 0 Å². The number of morpholine rings is 1. The third-order valence-electron chi connectivity index (χ3n) is 5.54. The molecule has 3 aromatic heterocycles. The van der Waals surface area contributed by atoms with E-state index in [1.165, 1.54) is 11.8 Å². The predicted molar refractivity (Wildman–Crippen MR) is 126 cm³/mol. The van der Waals surface area contributed by atoms with Gasteiger partial charge < -0.3 is 19.0 Å². The molecule has 2 aromatic carbocycles. The Morgan fingerprint density at radius 2 is 1.79 bits per heavy atom. The number of anilines is 1. The Bertz CT molecular complexity index is 1490. The second-order valence-corrected chi connectivity index (χ2v) is 8.57. The van der Waals surface area contributed by atoms with Gasteiger partial charge in [-0.3, -0.25) is 9.36 Å². The summed E-state index contributed by atoms with van der Waals surface area (Å²) in [5.74, 6) is 1.77. The van der Waals surface area contributed by atoms with Crippen molar-refractivity contribution in [2.75, 3.05) is 31.2 Å². The lowest BCUT2D eigenvalue weighted by molar-refractivity contribution is 0.122. The summed E-state index contributed by atoms with van der Waals surface area (Å²) in [7, 11) is 0. The van der Waals surface area contributed by atoms with Crippen LogP contribution in [-0.4, -0.2) is 51.0 Å². The van der Waals surface area contributed by atoms with E-state index in [1.807, 2.05) is 59.2 Å². The summed E-state index contributed by atoms with van der Waals surface area (Å²) < 4.78 is 13.2. The molecule has 0 saturated carbocycles. The van der Waals surface area contributed by atoms with E-state index in [0.717, 1.165) is 35.3 Å². The minimum Gasteiger partial charge on any atom is -0.449 e. The lowest BCUT2D eigenvalue weighted by atomic mass is 10.2. The number of hydrogen-bond acceptors (Lipinski definition) is 8.